The van der Waals surface area contributed by atoms with E-state index >= 15 is 0 Å². The van der Waals surface area contributed by atoms with Gasteiger partial charge in [0.15, 0.2) is 5.69 Å². The van der Waals surface area contributed by atoms with Crippen molar-refractivity contribution in [2.45, 2.75) is 13.1 Å². The number of anilines is 1. The van der Waals surface area contributed by atoms with E-state index in [-0.39, 0.29) is 18.1 Å². The number of halogens is 4. The topological polar surface area (TPSA) is 70.1 Å². The van der Waals surface area contributed by atoms with Gasteiger partial charge in [-0.3, -0.25) is 0 Å². The lowest BCUT2D eigenvalue weighted by Crippen LogP contribution is -2.08. The summed E-state index contributed by atoms with van der Waals surface area (Å²) in [5.74, 6) is -0.479. The van der Waals surface area contributed by atoms with Crippen LogP contribution in [0.3, 0.4) is 0 Å². The predicted molar refractivity (Wildman–Crippen MR) is 81.7 cm³/mol. The van der Waals surface area contributed by atoms with Crippen LogP contribution in [0.2, 0.25) is 0 Å². The summed E-state index contributed by atoms with van der Waals surface area (Å²) < 4.78 is 44.1. The summed E-state index contributed by atoms with van der Waals surface area (Å²) in [6.07, 6.45) is -4.42. The molecule has 0 bridgehead atoms. The number of esters is 1. The molecule has 0 unspecified atom stereocenters. The standard InChI is InChI=1S/C13H11F3IN3O2/c1-2-22-12(21)10-9(17)11(18)20(19-10)8-5-3-7(4-6-8)13(14,15)16/h3-6H,2,18H2,1H3. The van der Waals surface area contributed by atoms with E-state index in [0.717, 1.165) is 12.1 Å². The largest absolute Gasteiger partial charge is 0.461 e. The first-order valence-electron chi connectivity index (χ1n) is 6.14. The molecule has 1 aromatic heterocycles. The molecule has 1 heterocycles. The fraction of sp³-hybridized carbons (Fsp3) is 0.231. The number of rotatable bonds is 3. The number of alkyl halides is 3. The zero-order chi connectivity index (χ0) is 16.5. The predicted octanol–water partition coefficient (Wildman–Crippen LogP) is 3.25. The minimum absolute atomic E-state index is 0.0276. The van der Waals surface area contributed by atoms with Crippen LogP contribution in [-0.4, -0.2) is 22.4 Å². The van der Waals surface area contributed by atoms with Crippen LogP contribution in [0.5, 0.6) is 0 Å². The van der Waals surface area contributed by atoms with Crippen molar-refractivity contribution < 1.29 is 22.7 Å². The maximum atomic E-state index is 12.6. The van der Waals surface area contributed by atoms with Gasteiger partial charge in [0.1, 0.15) is 5.82 Å². The molecular weight excluding hydrogens is 414 g/mol. The van der Waals surface area contributed by atoms with Gasteiger partial charge in [-0.15, -0.1) is 0 Å². The number of nitrogens with two attached hydrogens (primary N) is 1. The molecule has 1 aromatic carbocycles. The molecule has 0 saturated carbocycles. The van der Waals surface area contributed by atoms with Crippen LogP contribution in [-0.2, 0) is 10.9 Å². The Bertz CT molecular complexity index is 696. The maximum absolute atomic E-state index is 12.6. The minimum atomic E-state index is -4.42. The van der Waals surface area contributed by atoms with Crippen molar-refractivity contribution in [3.05, 3.63) is 39.1 Å². The van der Waals surface area contributed by atoms with Crippen LogP contribution in [0, 0.1) is 3.57 Å². The number of benzene rings is 1. The first-order chi connectivity index (χ1) is 10.3. The monoisotopic (exact) mass is 425 g/mol. The third-order valence-corrected chi connectivity index (χ3v) is 3.83. The molecule has 5 nitrogen and oxygen atoms in total. The molecule has 9 heteroatoms. The van der Waals surface area contributed by atoms with Gasteiger partial charge in [0, 0.05) is 0 Å². The fourth-order valence-electron chi connectivity index (χ4n) is 1.73. The summed E-state index contributed by atoms with van der Waals surface area (Å²) in [5, 5.41) is 4.02. The van der Waals surface area contributed by atoms with E-state index < -0.39 is 17.7 Å². The third-order valence-electron chi connectivity index (χ3n) is 2.77. The lowest BCUT2D eigenvalue weighted by atomic mass is 10.2. The van der Waals surface area contributed by atoms with Crippen LogP contribution < -0.4 is 5.73 Å². The third kappa shape index (κ3) is 3.18. The van der Waals surface area contributed by atoms with E-state index in [1.807, 2.05) is 22.6 Å². The van der Waals surface area contributed by atoms with Crippen molar-refractivity contribution in [3.8, 4) is 5.69 Å². The molecule has 22 heavy (non-hydrogen) atoms. The van der Waals surface area contributed by atoms with Gasteiger partial charge in [0.25, 0.3) is 0 Å². The number of aromatic nitrogens is 2. The number of ether oxygens (including phenoxy) is 1. The Morgan fingerprint density at radius 2 is 1.95 bits per heavy atom. The van der Waals surface area contributed by atoms with Gasteiger partial charge in [0.05, 0.1) is 21.4 Å². The van der Waals surface area contributed by atoms with Crippen molar-refractivity contribution in [3.63, 3.8) is 0 Å². The summed E-state index contributed by atoms with van der Waals surface area (Å²) in [6, 6.07) is 4.31. The van der Waals surface area contributed by atoms with Crippen LogP contribution in [0.25, 0.3) is 5.69 Å². The van der Waals surface area contributed by atoms with E-state index in [9.17, 15) is 18.0 Å². The molecule has 2 aromatic rings. The smallest absolute Gasteiger partial charge is 0.416 e. The number of carbonyl (C=O) groups is 1. The number of carbonyl (C=O) groups excluding carboxylic acids is 1. The molecule has 118 valence electrons. The number of nitrogens with zero attached hydrogens (tertiary/aromatic N) is 2. The van der Waals surface area contributed by atoms with E-state index in [2.05, 4.69) is 5.10 Å². The summed E-state index contributed by atoms with van der Waals surface area (Å²) in [6.45, 7) is 1.84. The van der Waals surface area contributed by atoms with Crippen molar-refractivity contribution in [2.75, 3.05) is 12.3 Å². The van der Waals surface area contributed by atoms with Crippen molar-refractivity contribution in [1.29, 1.82) is 0 Å². The van der Waals surface area contributed by atoms with Crippen molar-refractivity contribution >= 4 is 34.4 Å². The first kappa shape index (κ1) is 16.6. The van der Waals surface area contributed by atoms with E-state index in [0.29, 0.717) is 9.26 Å². The second-order valence-corrected chi connectivity index (χ2v) is 5.30. The molecule has 2 N–H and O–H groups in total. The molecule has 0 amide bonds. The number of hydrogen-bond donors (Lipinski definition) is 1. The van der Waals surface area contributed by atoms with Gasteiger partial charge >= 0.3 is 12.1 Å². The molecule has 2 rings (SSSR count). The maximum Gasteiger partial charge on any atom is 0.416 e. The van der Waals surface area contributed by atoms with Gasteiger partial charge in [-0.2, -0.15) is 18.3 Å². The van der Waals surface area contributed by atoms with Crippen molar-refractivity contribution in [1.82, 2.24) is 9.78 Å². The SMILES string of the molecule is CCOC(=O)c1nn(-c2ccc(C(F)(F)F)cc2)c(N)c1I. The Balaban J connectivity index is 2.41. The van der Waals surface area contributed by atoms with Crippen LogP contribution in [0.1, 0.15) is 23.0 Å². The minimum Gasteiger partial charge on any atom is -0.461 e. The van der Waals surface area contributed by atoms with Gasteiger partial charge < -0.3 is 10.5 Å². The molecule has 0 aliphatic heterocycles. The second kappa shape index (κ2) is 6.15. The Hall–Kier alpha value is -1.78. The lowest BCUT2D eigenvalue weighted by Gasteiger charge is -2.08. The quantitative estimate of drug-likeness (QED) is 0.606. The van der Waals surface area contributed by atoms with Crippen LogP contribution in [0.15, 0.2) is 24.3 Å². The van der Waals surface area contributed by atoms with Crippen LogP contribution >= 0.6 is 22.6 Å². The summed E-state index contributed by atoms with van der Waals surface area (Å²) in [5.41, 5.74) is 5.43. The van der Waals surface area contributed by atoms with Crippen molar-refractivity contribution in [2.24, 2.45) is 0 Å². The normalized spacial score (nSPS) is 11.5. The molecular formula is C13H11F3IN3O2. The highest BCUT2D eigenvalue weighted by Crippen LogP contribution is 2.30. The average Bonchev–Trinajstić information content (AvgIpc) is 2.75. The highest BCUT2D eigenvalue weighted by atomic mass is 127. The fourth-order valence-corrected chi connectivity index (χ4v) is 2.29. The Labute approximate surface area is 137 Å². The van der Waals surface area contributed by atoms with E-state index in [1.54, 1.807) is 6.92 Å². The average molecular weight is 425 g/mol. The molecule has 0 fully saturated rings. The summed E-state index contributed by atoms with van der Waals surface area (Å²) >= 11 is 1.84. The Morgan fingerprint density at radius 1 is 1.36 bits per heavy atom. The molecule has 0 atom stereocenters. The Morgan fingerprint density at radius 3 is 2.45 bits per heavy atom. The highest BCUT2D eigenvalue weighted by molar-refractivity contribution is 14.1. The van der Waals surface area contributed by atoms with E-state index in [4.69, 9.17) is 10.5 Å². The Kier molecular flexibility index (Phi) is 4.63. The van der Waals surface area contributed by atoms with E-state index in [1.165, 1.54) is 16.8 Å². The van der Waals surface area contributed by atoms with Gasteiger partial charge in [-0.1, -0.05) is 0 Å². The molecule has 0 saturated heterocycles. The summed E-state index contributed by atoms with van der Waals surface area (Å²) in [4.78, 5) is 11.7. The second-order valence-electron chi connectivity index (χ2n) is 4.22. The molecule has 0 aliphatic rings. The first-order valence-corrected chi connectivity index (χ1v) is 7.22. The van der Waals surface area contributed by atoms with Crippen LogP contribution in [0.4, 0.5) is 19.0 Å². The molecule has 0 radical (unpaired) electrons. The lowest BCUT2D eigenvalue weighted by molar-refractivity contribution is -0.137. The van der Waals surface area contributed by atoms with Gasteiger partial charge in [-0.25, -0.2) is 9.48 Å². The molecule has 0 spiro atoms. The zero-order valence-corrected chi connectivity index (χ0v) is 13.5. The summed E-state index contributed by atoms with van der Waals surface area (Å²) in [7, 11) is 0. The highest BCUT2D eigenvalue weighted by Gasteiger charge is 2.30. The van der Waals surface area contributed by atoms with Gasteiger partial charge in [0.2, 0.25) is 0 Å². The molecule has 0 aliphatic carbocycles. The van der Waals surface area contributed by atoms with Gasteiger partial charge in [-0.05, 0) is 53.8 Å². The zero-order valence-electron chi connectivity index (χ0n) is 11.3. The number of nitrogen functional groups attached to an aromatic ring is 1. The number of hydrogen-bond acceptors (Lipinski definition) is 4.